The first-order valence-corrected chi connectivity index (χ1v) is 7.18. The maximum atomic E-state index is 11.8. The van der Waals surface area contributed by atoms with E-state index in [0.717, 1.165) is 16.8 Å². The molecule has 4 nitrogen and oxygen atoms in total. The Labute approximate surface area is 129 Å². The summed E-state index contributed by atoms with van der Waals surface area (Å²) in [5, 5.41) is 6.70. The van der Waals surface area contributed by atoms with Crippen molar-refractivity contribution in [1.82, 2.24) is 10.3 Å². The second kappa shape index (κ2) is 7.76. The molecule has 110 valence electrons. The lowest BCUT2D eigenvalue weighted by atomic mass is 10.2. The number of carbonyl (C=O) groups excluding carboxylic acids is 1. The van der Waals surface area contributed by atoms with Gasteiger partial charge in [0, 0.05) is 42.6 Å². The van der Waals surface area contributed by atoms with E-state index in [-0.39, 0.29) is 5.91 Å². The van der Waals surface area contributed by atoms with Gasteiger partial charge in [0.05, 0.1) is 0 Å². The van der Waals surface area contributed by atoms with Crippen molar-refractivity contribution in [3.63, 3.8) is 0 Å². The van der Waals surface area contributed by atoms with Crippen molar-refractivity contribution in [2.75, 3.05) is 11.9 Å². The molecule has 0 aliphatic heterocycles. The summed E-state index contributed by atoms with van der Waals surface area (Å²) in [7, 11) is 0. The summed E-state index contributed by atoms with van der Waals surface area (Å²) in [6, 6.07) is 9.39. The Balaban J connectivity index is 1.71. The Morgan fingerprint density at radius 3 is 2.90 bits per heavy atom. The van der Waals surface area contributed by atoms with Gasteiger partial charge in [-0.2, -0.15) is 0 Å². The van der Waals surface area contributed by atoms with Crippen LogP contribution < -0.4 is 10.6 Å². The second-order valence-corrected chi connectivity index (χ2v) is 5.21. The molecular weight excluding hydrogens is 286 g/mol. The molecule has 5 heteroatoms. The fraction of sp³-hybridized carbons (Fsp3) is 0.250. The van der Waals surface area contributed by atoms with Gasteiger partial charge in [-0.25, -0.2) is 0 Å². The minimum Gasteiger partial charge on any atom is -0.326 e. The fourth-order valence-electron chi connectivity index (χ4n) is 1.83. The minimum atomic E-state index is -0.0337. The molecule has 1 aromatic heterocycles. The van der Waals surface area contributed by atoms with Crippen LogP contribution in [0.4, 0.5) is 5.69 Å². The number of hydrogen-bond donors (Lipinski definition) is 2. The summed E-state index contributed by atoms with van der Waals surface area (Å²) >= 11 is 6.02. The van der Waals surface area contributed by atoms with Crippen molar-refractivity contribution < 1.29 is 4.79 Å². The van der Waals surface area contributed by atoms with Crippen molar-refractivity contribution in [3.05, 3.63) is 58.9 Å². The number of anilines is 1. The fourth-order valence-corrected chi connectivity index (χ4v) is 2.01. The van der Waals surface area contributed by atoms with Crippen LogP contribution in [0.5, 0.6) is 0 Å². The van der Waals surface area contributed by atoms with Crippen molar-refractivity contribution in [3.8, 4) is 0 Å². The number of hydrogen-bond acceptors (Lipinski definition) is 3. The molecule has 1 aromatic carbocycles. The molecule has 2 rings (SSSR count). The second-order valence-electron chi connectivity index (χ2n) is 4.80. The maximum Gasteiger partial charge on any atom is 0.225 e. The zero-order chi connectivity index (χ0) is 15.1. The van der Waals surface area contributed by atoms with E-state index in [1.165, 1.54) is 0 Å². The van der Waals surface area contributed by atoms with Gasteiger partial charge in [-0.3, -0.25) is 9.78 Å². The zero-order valence-electron chi connectivity index (χ0n) is 11.9. The van der Waals surface area contributed by atoms with Crippen molar-refractivity contribution in [2.24, 2.45) is 0 Å². The van der Waals surface area contributed by atoms with Crippen LogP contribution in [0, 0.1) is 6.92 Å². The smallest absolute Gasteiger partial charge is 0.225 e. The monoisotopic (exact) mass is 303 g/mol. The van der Waals surface area contributed by atoms with E-state index in [1.807, 2.05) is 31.2 Å². The molecule has 1 amide bonds. The molecule has 0 radical (unpaired) electrons. The summed E-state index contributed by atoms with van der Waals surface area (Å²) < 4.78 is 0. The van der Waals surface area contributed by atoms with Crippen molar-refractivity contribution in [2.45, 2.75) is 19.9 Å². The van der Waals surface area contributed by atoms with Gasteiger partial charge in [0.2, 0.25) is 5.91 Å². The van der Waals surface area contributed by atoms with Gasteiger partial charge in [-0.05, 0) is 36.2 Å². The van der Waals surface area contributed by atoms with Gasteiger partial charge < -0.3 is 10.6 Å². The first-order chi connectivity index (χ1) is 10.1. The molecule has 1 heterocycles. The average molecular weight is 304 g/mol. The highest BCUT2D eigenvalue weighted by atomic mass is 35.5. The number of benzene rings is 1. The third-order valence-electron chi connectivity index (χ3n) is 3.04. The summed E-state index contributed by atoms with van der Waals surface area (Å²) in [5.41, 5.74) is 2.82. The lowest BCUT2D eigenvalue weighted by Gasteiger charge is -2.08. The lowest BCUT2D eigenvalue weighted by Crippen LogP contribution is -2.21. The number of aromatic nitrogens is 1. The van der Waals surface area contributed by atoms with Crippen LogP contribution in [0.1, 0.15) is 17.5 Å². The van der Waals surface area contributed by atoms with Crippen molar-refractivity contribution >= 4 is 23.2 Å². The zero-order valence-corrected chi connectivity index (χ0v) is 12.7. The normalized spacial score (nSPS) is 10.4. The molecule has 2 N–H and O–H groups in total. The van der Waals surface area contributed by atoms with Gasteiger partial charge in [-0.1, -0.05) is 23.7 Å². The number of halogens is 1. The Kier molecular flexibility index (Phi) is 5.72. The Morgan fingerprint density at radius 2 is 2.19 bits per heavy atom. The van der Waals surface area contributed by atoms with Crippen LogP contribution in [0.15, 0.2) is 42.7 Å². The van der Waals surface area contributed by atoms with Gasteiger partial charge in [0.25, 0.3) is 0 Å². The number of nitrogens with zero attached hydrogens (tertiary/aromatic N) is 1. The summed E-state index contributed by atoms with van der Waals surface area (Å²) in [6.07, 6.45) is 3.96. The summed E-state index contributed by atoms with van der Waals surface area (Å²) in [6.45, 7) is 3.24. The molecular formula is C16H18ClN3O. The number of rotatable bonds is 6. The highest BCUT2D eigenvalue weighted by Gasteiger charge is 2.03. The topological polar surface area (TPSA) is 54.0 Å². The van der Waals surface area contributed by atoms with E-state index >= 15 is 0 Å². The van der Waals surface area contributed by atoms with Crippen LogP contribution in [0.25, 0.3) is 0 Å². The number of aryl methyl sites for hydroxylation is 1. The third kappa shape index (κ3) is 5.17. The van der Waals surface area contributed by atoms with E-state index < -0.39 is 0 Å². The number of carbonyl (C=O) groups is 1. The quantitative estimate of drug-likeness (QED) is 0.806. The lowest BCUT2D eigenvalue weighted by molar-refractivity contribution is -0.116. The molecule has 0 atom stereocenters. The summed E-state index contributed by atoms with van der Waals surface area (Å²) in [5.74, 6) is -0.0337. The molecule has 0 aliphatic carbocycles. The molecule has 0 aliphatic rings. The minimum absolute atomic E-state index is 0.0337. The van der Waals surface area contributed by atoms with Gasteiger partial charge in [0.1, 0.15) is 0 Å². The van der Waals surface area contributed by atoms with Crippen LogP contribution in [0.2, 0.25) is 5.02 Å². The van der Waals surface area contributed by atoms with Gasteiger partial charge in [-0.15, -0.1) is 0 Å². The van der Waals surface area contributed by atoms with Crippen LogP contribution >= 0.6 is 11.6 Å². The molecule has 0 bridgehead atoms. The number of amides is 1. The van der Waals surface area contributed by atoms with Gasteiger partial charge in [0.15, 0.2) is 0 Å². The van der Waals surface area contributed by atoms with Crippen LogP contribution in [-0.2, 0) is 11.3 Å². The van der Waals surface area contributed by atoms with Crippen LogP contribution in [0.3, 0.4) is 0 Å². The first-order valence-electron chi connectivity index (χ1n) is 6.81. The van der Waals surface area contributed by atoms with E-state index in [2.05, 4.69) is 15.6 Å². The Morgan fingerprint density at radius 1 is 1.33 bits per heavy atom. The Bertz CT molecular complexity index is 602. The number of pyridine rings is 1. The van der Waals surface area contributed by atoms with Crippen molar-refractivity contribution in [1.29, 1.82) is 0 Å². The highest BCUT2D eigenvalue weighted by Crippen LogP contribution is 2.19. The first kappa shape index (κ1) is 15.5. The molecule has 0 fully saturated rings. The van der Waals surface area contributed by atoms with Crippen LogP contribution in [-0.4, -0.2) is 17.4 Å². The van der Waals surface area contributed by atoms with Gasteiger partial charge >= 0.3 is 0 Å². The Hall–Kier alpha value is -1.91. The average Bonchev–Trinajstić information content (AvgIpc) is 2.49. The molecule has 0 spiro atoms. The third-order valence-corrected chi connectivity index (χ3v) is 3.44. The predicted octanol–water partition coefficient (Wildman–Crippen LogP) is 3.16. The standard InChI is InChI=1S/C16H18ClN3O/c1-12-4-5-14(9-15(12)17)20-16(21)6-8-19-11-13-3-2-7-18-10-13/h2-5,7,9-10,19H,6,8,11H2,1H3,(H,20,21). The largest absolute Gasteiger partial charge is 0.326 e. The maximum absolute atomic E-state index is 11.8. The molecule has 0 unspecified atom stereocenters. The molecule has 0 saturated carbocycles. The number of nitrogens with one attached hydrogen (secondary N) is 2. The summed E-state index contributed by atoms with van der Waals surface area (Å²) in [4.78, 5) is 15.9. The highest BCUT2D eigenvalue weighted by molar-refractivity contribution is 6.31. The van der Waals surface area contributed by atoms with E-state index in [4.69, 9.17) is 11.6 Å². The SMILES string of the molecule is Cc1ccc(NC(=O)CCNCc2cccnc2)cc1Cl. The van der Waals surface area contributed by atoms with E-state index in [1.54, 1.807) is 18.5 Å². The molecule has 2 aromatic rings. The van der Waals surface area contributed by atoms with E-state index in [9.17, 15) is 4.79 Å². The molecule has 0 saturated heterocycles. The van der Waals surface area contributed by atoms with E-state index in [0.29, 0.717) is 24.5 Å². The predicted molar refractivity (Wildman–Crippen MR) is 85.4 cm³/mol. The molecule has 21 heavy (non-hydrogen) atoms.